The van der Waals surface area contributed by atoms with E-state index in [0.717, 1.165) is 34.8 Å². The Morgan fingerprint density at radius 3 is 2.45 bits per heavy atom. The number of pyridine rings is 1. The lowest BCUT2D eigenvalue weighted by molar-refractivity contribution is 0.0942. The molecule has 1 aromatic carbocycles. The number of nitrogens with one attached hydrogen (secondary N) is 1. The van der Waals surface area contributed by atoms with E-state index in [2.05, 4.69) is 10.3 Å². The molecule has 0 unspecified atom stereocenters. The van der Waals surface area contributed by atoms with Gasteiger partial charge in [-0.15, -0.1) is 36.6 Å². The number of nitrogens with two attached hydrogens (primary N) is 1. The number of aromatic nitrogens is 2. The Balaban J connectivity index is 0.00000210. The Hall–Kier alpha value is -1.73. The van der Waals surface area contributed by atoms with Crippen LogP contribution in [0.4, 0.5) is 0 Å². The van der Waals surface area contributed by atoms with Crippen molar-refractivity contribution in [1.29, 1.82) is 0 Å². The predicted octanol–water partition coefficient (Wildman–Crippen LogP) is 4.72. The highest BCUT2D eigenvalue weighted by molar-refractivity contribution is 7.98. The Morgan fingerprint density at radius 2 is 1.83 bits per heavy atom. The van der Waals surface area contributed by atoms with Crippen LogP contribution in [0.1, 0.15) is 42.7 Å². The molecular formula is C21H28Cl2N4OS. The molecule has 0 atom stereocenters. The summed E-state index contributed by atoms with van der Waals surface area (Å²) in [5.74, 6) is 0.708. The van der Waals surface area contributed by atoms with Gasteiger partial charge in [-0.25, -0.2) is 4.98 Å². The first-order chi connectivity index (χ1) is 13.0. The summed E-state index contributed by atoms with van der Waals surface area (Å²) in [7, 11) is 0. The first kappa shape index (κ1) is 25.3. The fourth-order valence-electron chi connectivity index (χ4n) is 2.77. The van der Waals surface area contributed by atoms with E-state index in [1.807, 2.05) is 73.1 Å². The number of hydrogen-bond acceptors (Lipinski definition) is 4. The second-order valence-corrected chi connectivity index (χ2v) is 7.81. The molecule has 0 bridgehead atoms. The molecule has 0 radical (unpaired) electrons. The molecule has 3 N–H and O–H groups in total. The van der Waals surface area contributed by atoms with Crippen LogP contribution in [0.5, 0.6) is 0 Å². The quantitative estimate of drug-likeness (QED) is 0.483. The lowest BCUT2D eigenvalue weighted by atomic mass is 9.94. The van der Waals surface area contributed by atoms with Crippen LogP contribution < -0.4 is 11.1 Å². The average Bonchev–Trinajstić information content (AvgIpc) is 3.13. The van der Waals surface area contributed by atoms with Crippen LogP contribution >= 0.6 is 36.6 Å². The van der Waals surface area contributed by atoms with Crippen molar-refractivity contribution in [3.8, 4) is 0 Å². The van der Waals surface area contributed by atoms with Crippen LogP contribution in [0, 0.1) is 0 Å². The highest BCUT2D eigenvalue weighted by Gasteiger charge is 2.21. The van der Waals surface area contributed by atoms with Gasteiger partial charge in [0.2, 0.25) is 0 Å². The summed E-state index contributed by atoms with van der Waals surface area (Å²) < 4.78 is 2.02. The normalized spacial score (nSPS) is 10.9. The third-order valence-electron chi connectivity index (χ3n) is 4.93. The van der Waals surface area contributed by atoms with E-state index in [-0.39, 0.29) is 36.3 Å². The van der Waals surface area contributed by atoms with Crippen LogP contribution in [0.2, 0.25) is 0 Å². The highest BCUT2D eigenvalue weighted by Crippen LogP contribution is 2.23. The fourth-order valence-corrected chi connectivity index (χ4v) is 3.56. The molecule has 0 saturated carbocycles. The molecule has 0 aliphatic heterocycles. The molecule has 3 aromatic rings. The maximum Gasteiger partial charge on any atom is 0.251 e. The monoisotopic (exact) mass is 454 g/mol. The van der Waals surface area contributed by atoms with Crippen LogP contribution in [0.15, 0.2) is 59.8 Å². The van der Waals surface area contributed by atoms with Crippen molar-refractivity contribution >= 4 is 48.1 Å². The van der Waals surface area contributed by atoms with Crippen molar-refractivity contribution in [3.63, 3.8) is 0 Å². The zero-order valence-corrected chi connectivity index (χ0v) is 19.1. The number of halogens is 2. The third kappa shape index (κ3) is 6.64. The second kappa shape index (κ2) is 11.5. The average molecular weight is 455 g/mol. The number of fused-ring (bicyclic) bond motifs is 1. The third-order valence-corrected chi connectivity index (χ3v) is 5.97. The molecule has 2 aromatic heterocycles. The zero-order chi connectivity index (χ0) is 19.3. The maximum absolute atomic E-state index is 12.3. The van der Waals surface area contributed by atoms with E-state index in [0.29, 0.717) is 12.1 Å². The van der Waals surface area contributed by atoms with Gasteiger partial charge in [0.05, 0.1) is 5.69 Å². The van der Waals surface area contributed by atoms with Gasteiger partial charge in [-0.05, 0) is 49.2 Å². The van der Waals surface area contributed by atoms with Crippen molar-refractivity contribution in [2.24, 2.45) is 5.73 Å². The molecule has 2 heterocycles. The second-order valence-electron chi connectivity index (χ2n) is 6.76. The van der Waals surface area contributed by atoms with E-state index in [1.54, 1.807) is 11.8 Å². The first-order valence-corrected chi connectivity index (χ1v) is 10.2. The standard InChI is InChI=1S/C21H26N4OS.2ClH/c1-3-21(22,4-2)15-23-20(26)16-8-10-18(11-9-16)27-14-17-13-25-12-6-5-7-19(25)24-17;;/h5-13H,3-4,14-15,22H2,1-2H3,(H,23,26);2*1H. The minimum atomic E-state index is -0.334. The number of hydrogen-bond donors (Lipinski definition) is 2. The van der Waals surface area contributed by atoms with E-state index >= 15 is 0 Å². The number of nitrogens with zero attached hydrogens (tertiary/aromatic N) is 2. The summed E-state index contributed by atoms with van der Waals surface area (Å²) >= 11 is 1.71. The number of benzene rings is 1. The molecule has 0 fully saturated rings. The van der Waals surface area contributed by atoms with Crippen molar-refractivity contribution < 1.29 is 4.79 Å². The molecule has 5 nitrogen and oxygen atoms in total. The minimum Gasteiger partial charge on any atom is -0.350 e. The van der Waals surface area contributed by atoms with Gasteiger partial charge in [-0.1, -0.05) is 19.9 Å². The number of imidazole rings is 1. The van der Waals surface area contributed by atoms with Crippen molar-refractivity contribution in [2.75, 3.05) is 6.54 Å². The molecule has 0 aliphatic rings. The van der Waals surface area contributed by atoms with Gasteiger partial charge in [-0.2, -0.15) is 0 Å². The number of rotatable bonds is 8. The molecule has 0 aliphatic carbocycles. The number of carbonyl (C=O) groups is 1. The lowest BCUT2D eigenvalue weighted by Crippen LogP contribution is -2.49. The molecule has 158 valence electrons. The van der Waals surface area contributed by atoms with Gasteiger partial charge < -0.3 is 15.5 Å². The van der Waals surface area contributed by atoms with Crippen molar-refractivity contribution in [2.45, 2.75) is 42.9 Å². The van der Waals surface area contributed by atoms with Gasteiger partial charge in [0, 0.05) is 40.7 Å². The van der Waals surface area contributed by atoms with E-state index in [1.165, 1.54) is 0 Å². The Labute approximate surface area is 188 Å². The van der Waals surface area contributed by atoms with Gasteiger partial charge in [0.25, 0.3) is 5.91 Å². The van der Waals surface area contributed by atoms with Crippen LogP contribution in [-0.4, -0.2) is 27.4 Å². The van der Waals surface area contributed by atoms with Gasteiger partial charge in [-0.3, -0.25) is 4.79 Å². The first-order valence-electron chi connectivity index (χ1n) is 9.25. The fraction of sp³-hybridized carbons (Fsp3) is 0.333. The smallest absolute Gasteiger partial charge is 0.251 e. The summed E-state index contributed by atoms with van der Waals surface area (Å²) in [4.78, 5) is 18.0. The van der Waals surface area contributed by atoms with Gasteiger partial charge in [0.15, 0.2) is 0 Å². The lowest BCUT2D eigenvalue weighted by Gasteiger charge is -2.26. The summed E-state index contributed by atoms with van der Waals surface area (Å²) in [5.41, 5.74) is 8.55. The molecule has 29 heavy (non-hydrogen) atoms. The highest BCUT2D eigenvalue weighted by atomic mass is 35.5. The molecule has 3 rings (SSSR count). The summed E-state index contributed by atoms with van der Waals surface area (Å²) in [6.07, 6.45) is 5.71. The molecule has 0 saturated heterocycles. The van der Waals surface area contributed by atoms with Crippen molar-refractivity contribution in [3.05, 3.63) is 66.1 Å². The van der Waals surface area contributed by atoms with Gasteiger partial charge in [0.1, 0.15) is 5.65 Å². The van der Waals surface area contributed by atoms with Crippen LogP contribution in [-0.2, 0) is 5.75 Å². The van der Waals surface area contributed by atoms with E-state index < -0.39 is 0 Å². The number of thioether (sulfide) groups is 1. The SMILES string of the molecule is CCC(N)(CC)CNC(=O)c1ccc(SCc2cn3ccccc3n2)cc1.Cl.Cl. The van der Waals surface area contributed by atoms with E-state index in [9.17, 15) is 4.79 Å². The summed E-state index contributed by atoms with van der Waals surface area (Å²) in [6.45, 7) is 4.58. The van der Waals surface area contributed by atoms with Crippen molar-refractivity contribution in [1.82, 2.24) is 14.7 Å². The summed E-state index contributed by atoms with van der Waals surface area (Å²) in [5, 5.41) is 2.95. The zero-order valence-electron chi connectivity index (χ0n) is 16.6. The largest absolute Gasteiger partial charge is 0.350 e. The molecule has 0 spiro atoms. The Morgan fingerprint density at radius 1 is 1.14 bits per heavy atom. The molecule has 1 amide bonds. The van der Waals surface area contributed by atoms with Gasteiger partial charge >= 0.3 is 0 Å². The maximum atomic E-state index is 12.3. The van der Waals surface area contributed by atoms with E-state index in [4.69, 9.17) is 5.73 Å². The molecule has 8 heteroatoms. The predicted molar refractivity (Wildman–Crippen MR) is 126 cm³/mol. The summed E-state index contributed by atoms with van der Waals surface area (Å²) in [6, 6.07) is 13.6. The molecular weight excluding hydrogens is 427 g/mol. The number of carbonyl (C=O) groups excluding carboxylic acids is 1. The van der Waals surface area contributed by atoms with Crippen LogP contribution in [0.25, 0.3) is 5.65 Å². The topological polar surface area (TPSA) is 72.4 Å². The number of amides is 1. The van der Waals surface area contributed by atoms with Crippen LogP contribution in [0.3, 0.4) is 0 Å². The minimum absolute atomic E-state index is 0. The Kier molecular flexibility index (Phi) is 10.00. The Bertz CT molecular complexity index is 877.